The van der Waals surface area contributed by atoms with Crippen LogP contribution in [0.5, 0.6) is 5.75 Å². The average Bonchev–Trinajstić information content (AvgIpc) is 3.09. The molecule has 0 aliphatic rings. The van der Waals surface area contributed by atoms with Crippen molar-refractivity contribution in [3.05, 3.63) is 65.8 Å². The van der Waals surface area contributed by atoms with Crippen LogP contribution in [-0.2, 0) is 15.6 Å². The Labute approximate surface area is 144 Å². The Balaban J connectivity index is 1.96. The number of sulfone groups is 1. The summed E-state index contributed by atoms with van der Waals surface area (Å²) in [6.45, 7) is 0. The molecule has 124 valence electrons. The van der Waals surface area contributed by atoms with Crippen LogP contribution in [0, 0.1) is 0 Å². The molecule has 0 spiro atoms. The number of pyridine rings is 1. The molecule has 0 radical (unpaired) electrons. The molecule has 3 aromatic rings. The van der Waals surface area contributed by atoms with Gasteiger partial charge in [-0.2, -0.15) is 0 Å². The van der Waals surface area contributed by atoms with Gasteiger partial charge >= 0.3 is 0 Å². The van der Waals surface area contributed by atoms with Crippen molar-refractivity contribution in [3.8, 4) is 16.9 Å². The molecule has 5 nitrogen and oxygen atoms in total. The highest BCUT2D eigenvalue weighted by atomic mass is 35.5. The highest BCUT2D eigenvalue weighted by molar-refractivity contribution is 7.90. The van der Waals surface area contributed by atoms with Crippen LogP contribution < -0.4 is 4.74 Å². The molecule has 7 heteroatoms. The first-order valence-electron chi connectivity index (χ1n) is 7.02. The van der Waals surface area contributed by atoms with Gasteiger partial charge in [0.05, 0.1) is 25.4 Å². The lowest BCUT2D eigenvalue weighted by Crippen LogP contribution is -2.07. The molecule has 3 rings (SSSR count). The van der Waals surface area contributed by atoms with E-state index in [0.29, 0.717) is 10.6 Å². The second-order valence-electron chi connectivity index (χ2n) is 5.15. The quantitative estimate of drug-likeness (QED) is 0.685. The Morgan fingerprint density at radius 2 is 2.00 bits per heavy atom. The summed E-state index contributed by atoms with van der Waals surface area (Å²) in [5.74, 6) is 0.0564. The number of nitrogens with zero attached hydrogens (tertiary/aromatic N) is 1. The molecule has 0 fully saturated rings. The fourth-order valence-corrected chi connectivity index (χ4v) is 4.10. The number of hydrogen-bond donors (Lipinski definition) is 0. The van der Waals surface area contributed by atoms with Crippen LogP contribution in [0.15, 0.2) is 64.6 Å². The molecule has 0 N–H and O–H groups in total. The first-order valence-corrected chi connectivity index (χ1v) is 9.05. The van der Waals surface area contributed by atoms with E-state index in [4.69, 9.17) is 20.8 Å². The van der Waals surface area contributed by atoms with Crippen molar-refractivity contribution in [2.45, 2.75) is 10.6 Å². The zero-order valence-electron chi connectivity index (χ0n) is 12.8. The van der Waals surface area contributed by atoms with Crippen LogP contribution in [0.2, 0.25) is 5.02 Å². The maximum Gasteiger partial charge on any atom is 0.186 e. The monoisotopic (exact) mass is 363 g/mol. The van der Waals surface area contributed by atoms with E-state index in [-0.39, 0.29) is 16.4 Å². The Kier molecular flexibility index (Phi) is 4.59. The fraction of sp³-hybridized carbons (Fsp3) is 0.118. The SMILES string of the molecule is COc1ccc(Cl)cc1S(=O)(=O)Cc1cncc(-c2ccoc2)c1. The summed E-state index contributed by atoms with van der Waals surface area (Å²) in [7, 11) is -2.22. The van der Waals surface area contributed by atoms with Crippen LogP contribution in [-0.4, -0.2) is 20.5 Å². The minimum atomic E-state index is -3.64. The molecule has 0 amide bonds. The molecule has 0 bridgehead atoms. The lowest BCUT2D eigenvalue weighted by molar-refractivity contribution is 0.402. The van der Waals surface area contributed by atoms with E-state index in [1.54, 1.807) is 36.9 Å². The normalized spacial score (nSPS) is 11.4. The van der Waals surface area contributed by atoms with E-state index in [0.717, 1.165) is 11.1 Å². The first kappa shape index (κ1) is 16.5. The summed E-state index contributed by atoms with van der Waals surface area (Å²) in [6.07, 6.45) is 6.31. The van der Waals surface area contributed by atoms with E-state index in [1.807, 2.05) is 0 Å². The molecule has 1 aromatic carbocycles. The second kappa shape index (κ2) is 6.67. The van der Waals surface area contributed by atoms with E-state index in [1.165, 1.54) is 25.4 Å². The zero-order valence-corrected chi connectivity index (χ0v) is 14.3. The molecular weight excluding hydrogens is 350 g/mol. The summed E-state index contributed by atoms with van der Waals surface area (Å²) in [5, 5.41) is 0.333. The van der Waals surface area contributed by atoms with Gasteiger partial charge in [0.2, 0.25) is 0 Å². The van der Waals surface area contributed by atoms with Crippen molar-refractivity contribution in [2.75, 3.05) is 7.11 Å². The molecule has 0 aliphatic carbocycles. The molecule has 0 saturated heterocycles. The number of rotatable bonds is 5. The van der Waals surface area contributed by atoms with Gasteiger partial charge in [-0.05, 0) is 35.9 Å². The van der Waals surface area contributed by atoms with Crippen molar-refractivity contribution in [2.24, 2.45) is 0 Å². The molecular formula is C17H14ClNO4S. The fourth-order valence-electron chi connectivity index (χ4n) is 2.34. The van der Waals surface area contributed by atoms with Gasteiger partial charge in [0.25, 0.3) is 0 Å². The largest absolute Gasteiger partial charge is 0.495 e. The second-order valence-corrected chi connectivity index (χ2v) is 7.54. The number of ether oxygens (including phenoxy) is 1. The first-order chi connectivity index (χ1) is 11.5. The summed E-state index contributed by atoms with van der Waals surface area (Å²) in [6, 6.07) is 8.07. The number of aromatic nitrogens is 1. The van der Waals surface area contributed by atoms with Gasteiger partial charge in [-0.1, -0.05) is 11.6 Å². The highest BCUT2D eigenvalue weighted by Gasteiger charge is 2.21. The van der Waals surface area contributed by atoms with Gasteiger partial charge in [0.15, 0.2) is 9.84 Å². The molecule has 0 atom stereocenters. The standard InChI is InChI=1S/C17H14ClNO4S/c1-22-16-3-2-15(18)7-17(16)24(20,21)11-12-6-14(9-19-8-12)13-4-5-23-10-13/h2-10H,11H2,1H3. The smallest absolute Gasteiger partial charge is 0.186 e. The predicted octanol–water partition coefficient (Wildman–Crippen LogP) is 3.98. The zero-order chi connectivity index (χ0) is 17.2. The van der Waals surface area contributed by atoms with Crippen molar-refractivity contribution < 1.29 is 17.6 Å². The van der Waals surface area contributed by atoms with Crippen LogP contribution in [0.25, 0.3) is 11.1 Å². The third-order valence-electron chi connectivity index (χ3n) is 3.47. The number of benzene rings is 1. The molecule has 0 unspecified atom stereocenters. The summed E-state index contributed by atoms with van der Waals surface area (Å²) >= 11 is 5.93. The highest BCUT2D eigenvalue weighted by Crippen LogP contribution is 2.30. The number of methoxy groups -OCH3 is 1. The van der Waals surface area contributed by atoms with Crippen LogP contribution in [0.4, 0.5) is 0 Å². The maximum absolute atomic E-state index is 12.7. The number of halogens is 1. The maximum atomic E-state index is 12.7. The van der Waals surface area contributed by atoms with E-state index >= 15 is 0 Å². The van der Waals surface area contributed by atoms with E-state index in [2.05, 4.69) is 4.98 Å². The van der Waals surface area contributed by atoms with Crippen molar-refractivity contribution in [1.29, 1.82) is 0 Å². The van der Waals surface area contributed by atoms with Crippen molar-refractivity contribution in [1.82, 2.24) is 4.98 Å². The third-order valence-corrected chi connectivity index (χ3v) is 5.40. The predicted molar refractivity (Wildman–Crippen MR) is 90.8 cm³/mol. The van der Waals surface area contributed by atoms with Crippen molar-refractivity contribution >= 4 is 21.4 Å². The molecule has 0 saturated carbocycles. The topological polar surface area (TPSA) is 69.4 Å². The summed E-state index contributed by atoms with van der Waals surface area (Å²) in [4.78, 5) is 4.18. The molecule has 2 aromatic heterocycles. The van der Waals surface area contributed by atoms with Gasteiger partial charge in [0.1, 0.15) is 10.6 Å². The van der Waals surface area contributed by atoms with Gasteiger partial charge in [-0.3, -0.25) is 4.98 Å². The van der Waals surface area contributed by atoms with Crippen LogP contribution in [0.1, 0.15) is 5.56 Å². The Morgan fingerprint density at radius 3 is 2.71 bits per heavy atom. The third kappa shape index (κ3) is 3.44. The molecule has 0 aliphatic heterocycles. The Morgan fingerprint density at radius 1 is 1.17 bits per heavy atom. The minimum absolute atomic E-state index is 0.0613. The van der Waals surface area contributed by atoms with Gasteiger partial charge in [-0.15, -0.1) is 0 Å². The van der Waals surface area contributed by atoms with E-state index in [9.17, 15) is 8.42 Å². The minimum Gasteiger partial charge on any atom is -0.495 e. The summed E-state index contributed by atoms with van der Waals surface area (Å²) in [5.41, 5.74) is 2.19. The molecule has 2 heterocycles. The van der Waals surface area contributed by atoms with Gasteiger partial charge in [0, 0.05) is 28.5 Å². The van der Waals surface area contributed by atoms with Gasteiger partial charge in [-0.25, -0.2) is 8.42 Å². The summed E-state index contributed by atoms with van der Waals surface area (Å²) < 4.78 is 35.7. The lowest BCUT2D eigenvalue weighted by atomic mass is 10.1. The van der Waals surface area contributed by atoms with Gasteiger partial charge < -0.3 is 9.15 Å². The Bertz CT molecular complexity index is 952. The number of furan rings is 1. The van der Waals surface area contributed by atoms with Crippen LogP contribution >= 0.6 is 11.6 Å². The number of hydrogen-bond acceptors (Lipinski definition) is 5. The van der Waals surface area contributed by atoms with Crippen molar-refractivity contribution in [3.63, 3.8) is 0 Å². The Hall–Kier alpha value is -2.31. The van der Waals surface area contributed by atoms with E-state index < -0.39 is 9.84 Å². The molecule has 24 heavy (non-hydrogen) atoms. The average molecular weight is 364 g/mol. The lowest BCUT2D eigenvalue weighted by Gasteiger charge is -2.10. The van der Waals surface area contributed by atoms with Crippen LogP contribution in [0.3, 0.4) is 0 Å².